The minimum absolute atomic E-state index is 0.280. The Labute approximate surface area is 112 Å². The molecule has 1 saturated heterocycles. The summed E-state index contributed by atoms with van der Waals surface area (Å²) in [6.07, 6.45) is 2.51. The third-order valence-corrected chi connectivity index (χ3v) is 4.38. The van der Waals surface area contributed by atoms with E-state index < -0.39 is 0 Å². The van der Waals surface area contributed by atoms with Crippen LogP contribution in [0.15, 0.2) is 18.2 Å². The maximum Gasteiger partial charge on any atom is 0.337 e. The van der Waals surface area contributed by atoms with E-state index in [-0.39, 0.29) is 5.97 Å². The largest absolute Gasteiger partial charge is 0.465 e. The highest BCUT2D eigenvalue weighted by molar-refractivity contribution is 7.99. The first kappa shape index (κ1) is 13.3. The molecule has 0 aliphatic carbocycles. The molecular formula is C14H19NO2S. The first-order valence-electron chi connectivity index (χ1n) is 6.24. The summed E-state index contributed by atoms with van der Waals surface area (Å²) in [5.74, 6) is 2.16. The summed E-state index contributed by atoms with van der Waals surface area (Å²) in [5, 5.41) is 3.56. The molecule has 1 N–H and O–H groups in total. The molecule has 0 radical (unpaired) electrons. The van der Waals surface area contributed by atoms with Gasteiger partial charge in [0.1, 0.15) is 0 Å². The summed E-state index contributed by atoms with van der Waals surface area (Å²) < 4.78 is 4.72. The highest BCUT2D eigenvalue weighted by Gasteiger charge is 2.15. The maximum atomic E-state index is 11.4. The summed E-state index contributed by atoms with van der Waals surface area (Å²) in [6, 6.07) is 6.22. The standard InChI is InChI=1S/C14H19NO2S/c1-10-8-11(14(16)17-2)5-6-13(10)15-12-4-3-7-18-9-12/h5-6,8,12,15H,3-4,7,9H2,1-2H3. The van der Waals surface area contributed by atoms with Crippen molar-refractivity contribution >= 4 is 23.4 Å². The third-order valence-electron chi connectivity index (χ3n) is 3.17. The van der Waals surface area contributed by atoms with Crippen molar-refractivity contribution in [2.45, 2.75) is 25.8 Å². The molecule has 1 aromatic carbocycles. The molecule has 0 bridgehead atoms. The molecule has 0 aromatic heterocycles. The fraction of sp³-hybridized carbons (Fsp3) is 0.500. The molecule has 0 spiro atoms. The maximum absolute atomic E-state index is 11.4. The SMILES string of the molecule is COC(=O)c1ccc(NC2CCCSC2)c(C)c1. The van der Waals surface area contributed by atoms with Gasteiger partial charge in [-0.05, 0) is 49.3 Å². The summed E-state index contributed by atoms with van der Waals surface area (Å²) in [4.78, 5) is 11.4. The van der Waals surface area contributed by atoms with Crippen LogP contribution in [0.4, 0.5) is 5.69 Å². The van der Waals surface area contributed by atoms with Crippen molar-refractivity contribution in [2.24, 2.45) is 0 Å². The first-order valence-corrected chi connectivity index (χ1v) is 7.39. The van der Waals surface area contributed by atoms with E-state index in [4.69, 9.17) is 4.74 Å². The lowest BCUT2D eigenvalue weighted by molar-refractivity contribution is 0.0600. The van der Waals surface area contributed by atoms with Crippen LogP contribution in [0.3, 0.4) is 0 Å². The Kier molecular flexibility index (Phi) is 4.53. The Morgan fingerprint density at radius 2 is 2.33 bits per heavy atom. The van der Waals surface area contributed by atoms with Crippen LogP contribution in [-0.2, 0) is 4.74 Å². The lowest BCUT2D eigenvalue weighted by Crippen LogP contribution is -2.26. The summed E-state index contributed by atoms with van der Waals surface area (Å²) in [7, 11) is 1.41. The number of rotatable bonds is 3. The second kappa shape index (κ2) is 6.14. The van der Waals surface area contributed by atoms with E-state index in [2.05, 4.69) is 5.32 Å². The number of anilines is 1. The predicted octanol–water partition coefficient (Wildman–Crippen LogP) is 3.09. The molecule has 2 rings (SSSR count). The number of thioether (sulfide) groups is 1. The molecule has 18 heavy (non-hydrogen) atoms. The quantitative estimate of drug-likeness (QED) is 0.852. The van der Waals surface area contributed by atoms with Gasteiger partial charge in [0.15, 0.2) is 0 Å². The fourth-order valence-corrected chi connectivity index (χ4v) is 3.22. The zero-order valence-corrected chi connectivity index (χ0v) is 11.7. The van der Waals surface area contributed by atoms with Crippen molar-refractivity contribution < 1.29 is 9.53 Å². The lowest BCUT2D eigenvalue weighted by Gasteiger charge is -2.24. The van der Waals surface area contributed by atoms with Crippen molar-refractivity contribution in [3.8, 4) is 0 Å². The van der Waals surface area contributed by atoms with Gasteiger partial charge in [0.2, 0.25) is 0 Å². The Morgan fingerprint density at radius 3 is 2.94 bits per heavy atom. The Morgan fingerprint density at radius 1 is 1.50 bits per heavy atom. The highest BCUT2D eigenvalue weighted by Crippen LogP contribution is 2.23. The minimum Gasteiger partial charge on any atom is -0.465 e. The van der Waals surface area contributed by atoms with E-state index in [1.165, 1.54) is 25.7 Å². The third kappa shape index (κ3) is 3.19. The second-order valence-electron chi connectivity index (χ2n) is 4.58. The van der Waals surface area contributed by atoms with Crippen LogP contribution in [-0.4, -0.2) is 30.6 Å². The predicted molar refractivity (Wildman–Crippen MR) is 76.5 cm³/mol. The Hall–Kier alpha value is -1.16. The fourth-order valence-electron chi connectivity index (χ4n) is 2.14. The number of benzene rings is 1. The minimum atomic E-state index is -0.280. The number of hydrogen-bond donors (Lipinski definition) is 1. The van der Waals surface area contributed by atoms with E-state index >= 15 is 0 Å². The van der Waals surface area contributed by atoms with Gasteiger partial charge in [-0.3, -0.25) is 0 Å². The van der Waals surface area contributed by atoms with Gasteiger partial charge in [-0.25, -0.2) is 4.79 Å². The number of nitrogens with one attached hydrogen (secondary N) is 1. The average molecular weight is 265 g/mol. The van der Waals surface area contributed by atoms with Crippen molar-refractivity contribution in [2.75, 3.05) is 23.9 Å². The summed E-state index contributed by atoms with van der Waals surface area (Å²) in [6.45, 7) is 2.02. The Balaban J connectivity index is 2.07. The van der Waals surface area contributed by atoms with Gasteiger partial charge in [-0.2, -0.15) is 11.8 Å². The number of ether oxygens (including phenoxy) is 1. The molecule has 1 heterocycles. The van der Waals surface area contributed by atoms with Gasteiger partial charge < -0.3 is 10.1 Å². The van der Waals surface area contributed by atoms with E-state index in [0.717, 1.165) is 17.0 Å². The molecule has 1 aliphatic rings. The van der Waals surface area contributed by atoms with E-state index in [0.29, 0.717) is 11.6 Å². The van der Waals surface area contributed by atoms with E-state index in [1.807, 2.05) is 36.9 Å². The summed E-state index contributed by atoms with van der Waals surface area (Å²) in [5.41, 5.74) is 2.82. The smallest absolute Gasteiger partial charge is 0.337 e. The molecule has 3 nitrogen and oxygen atoms in total. The van der Waals surface area contributed by atoms with Gasteiger partial charge in [0.25, 0.3) is 0 Å². The van der Waals surface area contributed by atoms with Crippen molar-refractivity contribution in [3.05, 3.63) is 29.3 Å². The van der Waals surface area contributed by atoms with Crippen LogP contribution in [0, 0.1) is 6.92 Å². The molecule has 0 amide bonds. The molecule has 4 heteroatoms. The van der Waals surface area contributed by atoms with Gasteiger partial charge in [0.05, 0.1) is 12.7 Å². The zero-order chi connectivity index (χ0) is 13.0. The number of esters is 1. The highest BCUT2D eigenvalue weighted by atomic mass is 32.2. The monoisotopic (exact) mass is 265 g/mol. The second-order valence-corrected chi connectivity index (χ2v) is 5.73. The van der Waals surface area contributed by atoms with Crippen molar-refractivity contribution in [1.82, 2.24) is 0 Å². The Bertz CT molecular complexity index is 428. The normalized spacial score (nSPS) is 19.3. The molecule has 0 saturated carbocycles. The number of methoxy groups -OCH3 is 1. The number of carbonyl (C=O) groups excluding carboxylic acids is 1. The number of hydrogen-bond acceptors (Lipinski definition) is 4. The molecule has 1 aliphatic heterocycles. The number of carbonyl (C=O) groups is 1. The van der Waals surface area contributed by atoms with E-state index in [1.54, 1.807) is 0 Å². The topological polar surface area (TPSA) is 38.3 Å². The average Bonchev–Trinajstić information content (AvgIpc) is 2.41. The van der Waals surface area contributed by atoms with Gasteiger partial charge in [-0.15, -0.1) is 0 Å². The van der Waals surface area contributed by atoms with Crippen LogP contribution in [0.5, 0.6) is 0 Å². The molecule has 1 aromatic rings. The molecule has 1 unspecified atom stereocenters. The van der Waals surface area contributed by atoms with Gasteiger partial charge in [0, 0.05) is 17.5 Å². The first-order chi connectivity index (χ1) is 8.70. The molecule has 1 atom stereocenters. The van der Waals surface area contributed by atoms with Crippen LogP contribution in [0.1, 0.15) is 28.8 Å². The van der Waals surface area contributed by atoms with E-state index in [9.17, 15) is 4.79 Å². The molecule has 98 valence electrons. The van der Waals surface area contributed by atoms with Gasteiger partial charge >= 0.3 is 5.97 Å². The number of aryl methyl sites for hydroxylation is 1. The molecule has 1 fully saturated rings. The lowest BCUT2D eigenvalue weighted by atomic mass is 10.1. The summed E-state index contributed by atoms with van der Waals surface area (Å²) >= 11 is 2.00. The van der Waals surface area contributed by atoms with Crippen LogP contribution < -0.4 is 5.32 Å². The van der Waals surface area contributed by atoms with Crippen molar-refractivity contribution in [3.63, 3.8) is 0 Å². The molecular weight excluding hydrogens is 246 g/mol. The van der Waals surface area contributed by atoms with Crippen LogP contribution >= 0.6 is 11.8 Å². The van der Waals surface area contributed by atoms with Crippen LogP contribution in [0.25, 0.3) is 0 Å². The zero-order valence-electron chi connectivity index (χ0n) is 10.9. The van der Waals surface area contributed by atoms with Crippen LogP contribution in [0.2, 0.25) is 0 Å². The van der Waals surface area contributed by atoms with Crippen molar-refractivity contribution in [1.29, 1.82) is 0 Å². The van der Waals surface area contributed by atoms with Gasteiger partial charge in [-0.1, -0.05) is 0 Å².